The molecule has 3 nitrogen and oxygen atoms in total. The Morgan fingerprint density at radius 1 is 0.372 bits per heavy atom. The summed E-state index contributed by atoms with van der Waals surface area (Å²) in [7, 11) is 0. The zero-order chi connectivity index (χ0) is 28.3. The Morgan fingerprint density at radius 2 is 0.953 bits per heavy atom. The Labute approximate surface area is 247 Å². The van der Waals surface area contributed by atoms with E-state index in [4.69, 9.17) is 14.4 Å². The average Bonchev–Trinajstić information content (AvgIpc) is 3.47. The molecule has 0 radical (unpaired) electrons. The van der Waals surface area contributed by atoms with Crippen LogP contribution in [0, 0.1) is 0 Å². The molecule has 200 valence electrons. The maximum Gasteiger partial charge on any atom is 0.136 e. The minimum atomic E-state index is 0.921. The fourth-order valence-corrected chi connectivity index (χ4v) is 6.26. The lowest BCUT2D eigenvalue weighted by Crippen LogP contribution is -1.91. The van der Waals surface area contributed by atoms with E-state index in [0.29, 0.717) is 0 Å². The van der Waals surface area contributed by atoms with Gasteiger partial charge in [0.15, 0.2) is 0 Å². The number of nitrogens with zero attached hydrogens (tertiary/aromatic N) is 2. The van der Waals surface area contributed by atoms with Gasteiger partial charge in [0.05, 0.1) is 22.4 Å². The summed E-state index contributed by atoms with van der Waals surface area (Å²) in [4.78, 5) is 10.2. The van der Waals surface area contributed by atoms with E-state index in [0.717, 1.165) is 60.9 Å². The zero-order valence-corrected chi connectivity index (χ0v) is 23.2. The van der Waals surface area contributed by atoms with Gasteiger partial charge in [0, 0.05) is 32.7 Å². The smallest absolute Gasteiger partial charge is 0.136 e. The molecule has 0 fully saturated rings. The molecule has 9 rings (SSSR count). The summed E-state index contributed by atoms with van der Waals surface area (Å²) in [6.07, 6.45) is 0. The molecular formula is C40H24N2O. The van der Waals surface area contributed by atoms with Crippen molar-refractivity contribution in [3.8, 4) is 33.6 Å². The molecule has 3 heterocycles. The van der Waals surface area contributed by atoms with E-state index in [9.17, 15) is 0 Å². The molecule has 0 spiro atoms. The quantitative estimate of drug-likeness (QED) is 0.206. The van der Waals surface area contributed by atoms with Crippen molar-refractivity contribution < 1.29 is 4.42 Å². The van der Waals surface area contributed by atoms with Gasteiger partial charge in [-0.25, -0.2) is 9.97 Å². The van der Waals surface area contributed by atoms with Crippen molar-refractivity contribution in [3.05, 3.63) is 146 Å². The number of pyridine rings is 2. The van der Waals surface area contributed by atoms with Crippen LogP contribution >= 0.6 is 0 Å². The van der Waals surface area contributed by atoms with Crippen molar-refractivity contribution in [2.24, 2.45) is 0 Å². The molecule has 3 aromatic heterocycles. The average molecular weight is 549 g/mol. The Morgan fingerprint density at radius 3 is 1.70 bits per heavy atom. The molecule has 0 saturated heterocycles. The van der Waals surface area contributed by atoms with E-state index in [1.54, 1.807) is 0 Å². The van der Waals surface area contributed by atoms with E-state index in [-0.39, 0.29) is 0 Å². The predicted octanol–water partition coefficient (Wildman–Crippen LogP) is 10.8. The third-order valence-corrected chi connectivity index (χ3v) is 8.46. The minimum absolute atomic E-state index is 0.921. The largest absolute Gasteiger partial charge is 0.456 e. The highest BCUT2D eigenvalue weighted by molar-refractivity contribution is 6.19. The molecule has 6 aromatic carbocycles. The second-order valence-electron chi connectivity index (χ2n) is 11.0. The summed E-state index contributed by atoms with van der Waals surface area (Å²) in [5.74, 6) is 0. The lowest BCUT2D eigenvalue weighted by atomic mass is 9.97. The lowest BCUT2D eigenvalue weighted by molar-refractivity contribution is 0.669. The van der Waals surface area contributed by atoms with Crippen molar-refractivity contribution in [2.75, 3.05) is 0 Å². The van der Waals surface area contributed by atoms with E-state index in [1.165, 1.54) is 27.3 Å². The summed E-state index contributed by atoms with van der Waals surface area (Å²) >= 11 is 0. The molecule has 0 aliphatic rings. The van der Waals surface area contributed by atoms with Gasteiger partial charge in [0.1, 0.15) is 11.2 Å². The van der Waals surface area contributed by atoms with Gasteiger partial charge in [-0.2, -0.15) is 0 Å². The Bertz CT molecular complexity index is 2490. The van der Waals surface area contributed by atoms with Crippen LogP contribution in [-0.4, -0.2) is 9.97 Å². The van der Waals surface area contributed by atoms with Gasteiger partial charge in [0.2, 0.25) is 0 Å². The fraction of sp³-hybridized carbons (Fsp3) is 0. The number of furan rings is 1. The summed E-state index contributed by atoms with van der Waals surface area (Å²) in [5.41, 5.74) is 10.1. The Balaban J connectivity index is 1.10. The highest BCUT2D eigenvalue weighted by Gasteiger charge is 2.12. The first-order valence-electron chi connectivity index (χ1n) is 14.5. The summed E-state index contributed by atoms with van der Waals surface area (Å²) in [6, 6.07) is 50.9. The zero-order valence-electron chi connectivity index (χ0n) is 23.2. The number of benzene rings is 6. The molecular weight excluding hydrogens is 524 g/mol. The van der Waals surface area contributed by atoms with Crippen LogP contribution in [0.4, 0.5) is 0 Å². The van der Waals surface area contributed by atoms with Gasteiger partial charge in [-0.1, -0.05) is 115 Å². The summed E-state index contributed by atoms with van der Waals surface area (Å²) in [6.45, 7) is 0. The van der Waals surface area contributed by atoms with Crippen molar-refractivity contribution in [1.29, 1.82) is 0 Å². The van der Waals surface area contributed by atoms with Crippen molar-refractivity contribution in [1.82, 2.24) is 9.97 Å². The third kappa shape index (κ3) is 3.90. The molecule has 0 amide bonds. The number of hydrogen-bond donors (Lipinski definition) is 0. The van der Waals surface area contributed by atoms with Crippen LogP contribution in [0.2, 0.25) is 0 Å². The molecule has 0 aliphatic heterocycles. The van der Waals surface area contributed by atoms with Gasteiger partial charge in [-0.3, -0.25) is 0 Å². The van der Waals surface area contributed by atoms with Crippen LogP contribution in [0.15, 0.2) is 150 Å². The Kier molecular flexibility index (Phi) is 5.20. The second kappa shape index (κ2) is 9.37. The molecule has 0 unspecified atom stereocenters. The molecule has 3 heteroatoms. The molecule has 0 atom stereocenters. The fourth-order valence-electron chi connectivity index (χ4n) is 6.26. The summed E-state index contributed by atoms with van der Waals surface area (Å²) < 4.78 is 6.10. The highest BCUT2D eigenvalue weighted by atomic mass is 16.3. The van der Waals surface area contributed by atoms with Crippen LogP contribution in [0.3, 0.4) is 0 Å². The molecule has 0 aliphatic carbocycles. The number of aromatic nitrogens is 2. The standard InChI is InChI=1S/C40H24N2O/c1-2-6-26(7-3-1)34-21-17-28-14-15-29-18-22-35(42-40(29)39(28)41-34)27-12-10-25(11-13-27)30-16-20-32-31(24-30)19-23-37-38(32)33-8-4-5-9-36(33)43-37/h1-24H. The normalized spacial score (nSPS) is 11.7. The first-order valence-corrected chi connectivity index (χ1v) is 14.5. The first-order chi connectivity index (χ1) is 21.3. The van der Waals surface area contributed by atoms with Gasteiger partial charge >= 0.3 is 0 Å². The number of hydrogen-bond acceptors (Lipinski definition) is 3. The SMILES string of the molecule is c1ccc(-c2ccc3ccc4ccc(-c5ccc(-c6ccc7c(ccc8oc9ccccc9c87)c6)cc5)nc4c3n2)cc1. The van der Waals surface area contributed by atoms with Crippen molar-refractivity contribution >= 4 is 54.5 Å². The highest BCUT2D eigenvalue weighted by Crippen LogP contribution is 2.36. The van der Waals surface area contributed by atoms with Gasteiger partial charge < -0.3 is 4.42 Å². The topological polar surface area (TPSA) is 38.9 Å². The van der Waals surface area contributed by atoms with E-state index < -0.39 is 0 Å². The van der Waals surface area contributed by atoms with E-state index >= 15 is 0 Å². The maximum atomic E-state index is 6.10. The van der Waals surface area contributed by atoms with Crippen LogP contribution in [0.5, 0.6) is 0 Å². The van der Waals surface area contributed by atoms with Crippen LogP contribution in [0.1, 0.15) is 0 Å². The second-order valence-corrected chi connectivity index (χ2v) is 11.0. The molecule has 0 N–H and O–H groups in total. The van der Waals surface area contributed by atoms with Gasteiger partial charge in [0.25, 0.3) is 0 Å². The Hall–Kier alpha value is -5.80. The predicted molar refractivity (Wildman–Crippen MR) is 178 cm³/mol. The molecule has 0 saturated carbocycles. The molecule has 43 heavy (non-hydrogen) atoms. The van der Waals surface area contributed by atoms with Gasteiger partial charge in [-0.15, -0.1) is 0 Å². The molecule has 0 bridgehead atoms. The van der Waals surface area contributed by atoms with Crippen LogP contribution < -0.4 is 0 Å². The summed E-state index contributed by atoms with van der Waals surface area (Å²) in [5, 5.41) is 6.91. The first kappa shape index (κ1) is 23.9. The van der Waals surface area contributed by atoms with Crippen molar-refractivity contribution in [3.63, 3.8) is 0 Å². The van der Waals surface area contributed by atoms with Crippen molar-refractivity contribution in [2.45, 2.75) is 0 Å². The minimum Gasteiger partial charge on any atom is -0.456 e. The number of fused-ring (bicyclic) bond motifs is 8. The molecule has 9 aromatic rings. The van der Waals surface area contributed by atoms with Crippen LogP contribution in [0.25, 0.3) is 88.2 Å². The maximum absolute atomic E-state index is 6.10. The van der Waals surface area contributed by atoms with E-state index in [1.807, 2.05) is 30.3 Å². The number of rotatable bonds is 3. The van der Waals surface area contributed by atoms with Gasteiger partial charge in [-0.05, 0) is 52.2 Å². The van der Waals surface area contributed by atoms with Crippen LogP contribution in [-0.2, 0) is 0 Å². The monoisotopic (exact) mass is 548 g/mol. The lowest BCUT2D eigenvalue weighted by Gasteiger charge is -2.09. The third-order valence-electron chi connectivity index (χ3n) is 8.46. The van der Waals surface area contributed by atoms with E-state index in [2.05, 4.69) is 115 Å². The number of para-hydroxylation sites is 1.